The average Bonchev–Trinajstić information content (AvgIpc) is 3.19. The third kappa shape index (κ3) is 5.39. The Hall–Kier alpha value is -4.57. The third-order valence-corrected chi connectivity index (χ3v) is 5.50. The molecule has 7 heteroatoms. The molecule has 0 saturated carbocycles. The number of aryl methyl sites for hydroxylation is 1. The van der Waals surface area contributed by atoms with Gasteiger partial charge in [0.1, 0.15) is 23.7 Å². The Kier molecular flexibility index (Phi) is 6.80. The van der Waals surface area contributed by atoms with E-state index in [0.29, 0.717) is 23.6 Å². The summed E-state index contributed by atoms with van der Waals surface area (Å²) in [6.07, 6.45) is 0. The zero-order chi connectivity index (χ0) is 25.9. The molecule has 0 spiro atoms. The fourth-order valence-electron chi connectivity index (χ4n) is 3.86. The summed E-state index contributed by atoms with van der Waals surface area (Å²) in [6.45, 7) is 5.66. The molecule has 4 aromatic rings. The van der Waals surface area contributed by atoms with E-state index < -0.39 is 17.5 Å². The number of anilines is 1. The predicted octanol–water partition coefficient (Wildman–Crippen LogP) is 5.84. The molecular formula is C29H27N3O4. The van der Waals surface area contributed by atoms with Gasteiger partial charge >= 0.3 is 5.97 Å². The van der Waals surface area contributed by atoms with Crippen molar-refractivity contribution in [3.05, 3.63) is 95.2 Å². The number of benzene rings is 3. The largest absolute Gasteiger partial charge is 0.487 e. The zero-order valence-electron chi connectivity index (χ0n) is 20.7. The van der Waals surface area contributed by atoms with Crippen LogP contribution in [0.4, 0.5) is 5.69 Å². The number of aromatic nitrogens is 1. The maximum atomic E-state index is 13.3. The van der Waals surface area contributed by atoms with Gasteiger partial charge in [0.15, 0.2) is 0 Å². The molecule has 0 saturated heterocycles. The molecular weight excluding hydrogens is 454 g/mol. The molecule has 1 N–H and O–H groups in total. The number of fused-ring (bicyclic) bond motifs is 1. The average molecular weight is 482 g/mol. The summed E-state index contributed by atoms with van der Waals surface area (Å²) in [7, 11) is 1.79. The van der Waals surface area contributed by atoms with Gasteiger partial charge < -0.3 is 19.4 Å². The highest BCUT2D eigenvalue weighted by atomic mass is 16.6. The number of carbonyl (C=O) groups is 2. The molecule has 36 heavy (non-hydrogen) atoms. The van der Waals surface area contributed by atoms with Crippen molar-refractivity contribution in [2.24, 2.45) is 7.05 Å². The van der Waals surface area contributed by atoms with Crippen LogP contribution in [-0.2, 0) is 18.4 Å². The van der Waals surface area contributed by atoms with E-state index in [2.05, 4.69) is 5.32 Å². The number of esters is 1. The Morgan fingerprint density at radius 2 is 1.75 bits per heavy atom. The minimum absolute atomic E-state index is 0.114. The molecule has 0 radical (unpaired) electrons. The Morgan fingerprint density at radius 3 is 2.44 bits per heavy atom. The second kappa shape index (κ2) is 9.96. The van der Waals surface area contributed by atoms with Gasteiger partial charge in [-0.25, -0.2) is 4.79 Å². The fourth-order valence-corrected chi connectivity index (χ4v) is 3.86. The van der Waals surface area contributed by atoms with Crippen molar-refractivity contribution in [1.29, 1.82) is 5.26 Å². The lowest BCUT2D eigenvalue weighted by Crippen LogP contribution is -2.25. The maximum Gasteiger partial charge on any atom is 0.340 e. The van der Waals surface area contributed by atoms with E-state index in [1.807, 2.05) is 54.6 Å². The standard InChI is InChI=1S/C29H27N3O4/c1-29(2,3)36-28(34)22-15-20(17-30)13-14-23(22)31-27(33)24-16-21-11-8-12-25(26(21)32(24)4)35-18-19-9-6-5-7-10-19/h5-16H,18H2,1-4H3,(H,31,33). The minimum atomic E-state index is -0.729. The summed E-state index contributed by atoms with van der Waals surface area (Å²) < 4.78 is 13.3. The van der Waals surface area contributed by atoms with Crippen molar-refractivity contribution in [3.8, 4) is 11.8 Å². The van der Waals surface area contributed by atoms with Crippen molar-refractivity contribution in [2.75, 3.05) is 5.32 Å². The van der Waals surface area contributed by atoms with Gasteiger partial charge in [-0.1, -0.05) is 42.5 Å². The number of hydrogen-bond acceptors (Lipinski definition) is 5. The fraction of sp³-hybridized carbons (Fsp3) is 0.207. The normalized spacial score (nSPS) is 11.1. The van der Waals surface area contributed by atoms with E-state index in [1.54, 1.807) is 44.5 Å². The smallest absolute Gasteiger partial charge is 0.340 e. The van der Waals surface area contributed by atoms with E-state index in [1.165, 1.54) is 12.1 Å². The first-order chi connectivity index (χ1) is 17.2. The summed E-state index contributed by atoms with van der Waals surface area (Å²) in [6, 6.07) is 23.8. The second-order valence-corrected chi connectivity index (χ2v) is 9.39. The molecule has 0 fully saturated rings. The molecule has 0 aliphatic rings. The molecule has 0 aliphatic carbocycles. The minimum Gasteiger partial charge on any atom is -0.487 e. The van der Waals surface area contributed by atoms with Crippen LogP contribution in [0.1, 0.15) is 52.7 Å². The number of carbonyl (C=O) groups excluding carboxylic acids is 2. The van der Waals surface area contributed by atoms with E-state index in [0.717, 1.165) is 16.5 Å². The molecule has 0 unspecified atom stereocenters. The van der Waals surface area contributed by atoms with Crippen LogP contribution in [0.3, 0.4) is 0 Å². The maximum absolute atomic E-state index is 13.3. The lowest BCUT2D eigenvalue weighted by Gasteiger charge is -2.20. The van der Waals surface area contributed by atoms with Gasteiger partial charge in [-0.3, -0.25) is 4.79 Å². The van der Waals surface area contributed by atoms with Crippen LogP contribution in [-0.4, -0.2) is 22.0 Å². The monoisotopic (exact) mass is 481 g/mol. The third-order valence-electron chi connectivity index (χ3n) is 5.50. The molecule has 7 nitrogen and oxygen atoms in total. The number of amides is 1. The van der Waals surface area contributed by atoms with Crippen molar-refractivity contribution >= 4 is 28.5 Å². The Bertz CT molecular complexity index is 1470. The number of nitrogens with one attached hydrogen (secondary N) is 1. The number of hydrogen-bond donors (Lipinski definition) is 1. The first-order valence-corrected chi connectivity index (χ1v) is 11.5. The van der Waals surface area contributed by atoms with E-state index in [4.69, 9.17) is 9.47 Å². The van der Waals surface area contributed by atoms with Crippen LogP contribution in [0.2, 0.25) is 0 Å². The van der Waals surface area contributed by atoms with E-state index in [-0.39, 0.29) is 11.3 Å². The van der Waals surface area contributed by atoms with Crippen LogP contribution in [0.15, 0.2) is 72.8 Å². The highest BCUT2D eigenvalue weighted by Gasteiger charge is 2.23. The summed E-state index contributed by atoms with van der Waals surface area (Å²) in [5, 5.41) is 12.9. The Labute approximate surface area is 209 Å². The van der Waals surface area contributed by atoms with Gasteiger partial charge in [0.25, 0.3) is 5.91 Å². The number of nitriles is 1. The number of nitrogens with zero attached hydrogens (tertiary/aromatic N) is 2. The second-order valence-electron chi connectivity index (χ2n) is 9.39. The lowest BCUT2D eigenvalue weighted by atomic mass is 10.1. The molecule has 1 amide bonds. The van der Waals surface area contributed by atoms with Crippen LogP contribution >= 0.6 is 0 Å². The molecule has 1 heterocycles. The summed E-state index contributed by atoms with van der Waals surface area (Å²) >= 11 is 0. The topological polar surface area (TPSA) is 93.4 Å². The van der Waals surface area contributed by atoms with Gasteiger partial charge in [-0.2, -0.15) is 5.26 Å². The number of ether oxygens (including phenoxy) is 2. The molecule has 3 aromatic carbocycles. The van der Waals surface area contributed by atoms with Crippen LogP contribution in [0, 0.1) is 11.3 Å². The molecule has 1 aromatic heterocycles. The SMILES string of the molecule is Cn1c(C(=O)Nc2ccc(C#N)cc2C(=O)OC(C)(C)C)cc2cccc(OCc3ccccc3)c21. The summed E-state index contributed by atoms with van der Waals surface area (Å²) in [5.74, 6) is -0.369. The Balaban J connectivity index is 1.63. The van der Waals surface area contributed by atoms with E-state index in [9.17, 15) is 14.9 Å². The van der Waals surface area contributed by atoms with Crippen molar-refractivity contribution in [3.63, 3.8) is 0 Å². The van der Waals surface area contributed by atoms with Crippen LogP contribution in [0.25, 0.3) is 10.9 Å². The first kappa shape index (κ1) is 24.6. The van der Waals surface area contributed by atoms with Gasteiger partial charge in [0, 0.05) is 12.4 Å². The zero-order valence-corrected chi connectivity index (χ0v) is 20.7. The molecule has 0 aliphatic heterocycles. The Morgan fingerprint density at radius 1 is 1.00 bits per heavy atom. The van der Waals surface area contributed by atoms with E-state index >= 15 is 0 Å². The summed E-state index contributed by atoms with van der Waals surface area (Å²) in [5.41, 5.74) is 2.15. The van der Waals surface area contributed by atoms with Crippen molar-refractivity contribution in [1.82, 2.24) is 4.57 Å². The number of para-hydroxylation sites is 1. The highest BCUT2D eigenvalue weighted by molar-refractivity contribution is 6.10. The molecule has 182 valence electrons. The lowest BCUT2D eigenvalue weighted by molar-refractivity contribution is 0.00707. The van der Waals surface area contributed by atoms with Gasteiger partial charge in [-0.05, 0) is 56.7 Å². The van der Waals surface area contributed by atoms with Crippen LogP contribution < -0.4 is 10.1 Å². The molecule has 0 atom stereocenters. The van der Waals surface area contributed by atoms with Gasteiger partial charge in [-0.15, -0.1) is 0 Å². The number of rotatable bonds is 6. The highest BCUT2D eigenvalue weighted by Crippen LogP contribution is 2.30. The predicted molar refractivity (Wildman–Crippen MR) is 138 cm³/mol. The first-order valence-electron chi connectivity index (χ1n) is 11.5. The molecule has 4 rings (SSSR count). The quantitative estimate of drug-likeness (QED) is 0.349. The van der Waals surface area contributed by atoms with Crippen molar-refractivity contribution < 1.29 is 19.1 Å². The summed E-state index contributed by atoms with van der Waals surface area (Å²) in [4.78, 5) is 26.1. The van der Waals surface area contributed by atoms with Crippen molar-refractivity contribution in [2.45, 2.75) is 33.0 Å². The molecule has 0 bridgehead atoms. The van der Waals surface area contributed by atoms with Gasteiger partial charge in [0.05, 0.1) is 28.4 Å². The van der Waals surface area contributed by atoms with Crippen LogP contribution in [0.5, 0.6) is 5.75 Å². The van der Waals surface area contributed by atoms with Gasteiger partial charge in [0.2, 0.25) is 0 Å².